The lowest BCUT2D eigenvalue weighted by Gasteiger charge is -1.95. The van der Waals surface area contributed by atoms with Crippen molar-refractivity contribution in [3.8, 4) is 5.06 Å². The maximum atomic E-state index is 10.2. The number of carbonyl (C=O) groups excluding carboxylic acids is 1. The Bertz CT molecular complexity index is 209. The average molecular weight is 158 g/mol. The van der Waals surface area contributed by atoms with Gasteiger partial charge in [0.1, 0.15) is 0 Å². The minimum atomic E-state index is -0.478. The number of rotatable bonds is 3. The second kappa shape index (κ2) is 3.17. The van der Waals surface area contributed by atoms with Crippen molar-refractivity contribution in [3.05, 3.63) is 11.7 Å². The Morgan fingerprint density at radius 3 is 3.20 bits per heavy atom. The van der Waals surface area contributed by atoms with Crippen molar-refractivity contribution >= 4 is 17.2 Å². The van der Waals surface area contributed by atoms with Crippen LogP contribution in [-0.4, -0.2) is 17.5 Å². The molecule has 0 aliphatic carbocycles. The Balaban J connectivity index is 2.35. The molecule has 5 heteroatoms. The van der Waals surface area contributed by atoms with E-state index in [4.69, 9.17) is 10.5 Å². The first kappa shape index (κ1) is 7.01. The maximum Gasteiger partial charge on any atom is 0.255 e. The van der Waals surface area contributed by atoms with E-state index in [0.717, 1.165) is 0 Å². The molecule has 0 saturated carbocycles. The highest BCUT2D eigenvalue weighted by molar-refractivity contribution is 7.11. The minimum Gasteiger partial charge on any atom is -0.473 e. The van der Waals surface area contributed by atoms with E-state index in [1.54, 1.807) is 5.51 Å². The highest BCUT2D eigenvalue weighted by atomic mass is 32.1. The minimum absolute atomic E-state index is 0.0812. The van der Waals surface area contributed by atoms with Crippen LogP contribution in [0.3, 0.4) is 0 Å². The molecule has 0 bridgehead atoms. The quantitative estimate of drug-likeness (QED) is 0.673. The van der Waals surface area contributed by atoms with Gasteiger partial charge in [-0.25, -0.2) is 4.98 Å². The largest absolute Gasteiger partial charge is 0.473 e. The SMILES string of the molecule is NC(=O)COc1cncs1. The summed E-state index contributed by atoms with van der Waals surface area (Å²) in [6, 6.07) is 0. The molecule has 4 nitrogen and oxygen atoms in total. The van der Waals surface area contributed by atoms with Crippen molar-refractivity contribution in [2.75, 3.05) is 6.61 Å². The molecule has 0 unspecified atom stereocenters. The third-order valence-corrected chi connectivity index (χ3v) is 1.45. The van der Waals surface area contributed by atoms with Gasteiger partial charge in [-0.2, -0.15) is 0 Å². The molecule has 0 saturated heterocycles. The van der Waals surface area contributed by atoms with Gasteiger partial charge in [-0.3, -0.25) is 4.79 Å². The van der Waals surface area contributed by atoms with Crippen LogP contribution in [0.5, 0.6) is 5.06 Å². The normalized spacial score (nSPS) is 9.20. The number of amides is 1. The number of hydrogen-bond acceptors (Lipinski definition) is 4. The molecule has 1 aromatic rings. The van der Waals surface area contributed by atoms with Crippen LogP contribution in [0.4, 0.5) is 0 Å². The number of carbonyl (C=O) groups is 1. The zero-order chi connectivity index (χ0) is 7.40. The lowest BCUT2D eigenvalue weighted by Crippen LogP contribution is -2.19. The Morgan fingerprint density at radius 2 is 2.70 bits per heavy atom. The maximum absolute atomic E-state index is 10.2. The summed E-state index contributed by atoms with van der Waals surface area (Å²) < 4.78 is 4.89. The third-order valence-electron chi connectivity index (χ3n) is 0.766. The standard InChI is InChI=1S/C5H6N2O2S/c6-4(8)2-9-5-1-7-3-10-5/h1,3H,2H2,(H2,6,8). The van der Waals surface area contributed by atoms with E-state index in [0.29, 0.717) is 5.06 Å². The Hall–Kier alpha value is -1.10. The Labute approximate surface area is 61.6 Å². The molecular weight excluding hydrogens is 152 g/mol. The number of nitrogens with zero attached hydrogens (tertiary/aromatic N) is 1. The van der Waals surface area contributed by atoms with Crippen molar-refractivity contribution in [1.29, 1.82) is 0 Å². The zero-order valence-electron chi connectivity index (χ0n) is 5.11. The summed E-state index contributed by atoms with van der Waals surface area (Å²) in [5.41, 5.74) is 6.45. The molecule has 1 aromatic heterocycles. The van der Waals surface area contributed by atoms with E-state index in [1.807, 2.05) is 0 Å². The molecule has 1 heterocycles. The van der Waals surface area contributed by atoms with E-state index in [9.17, 15) is 4.79 Å². The summed E-state index contributed by atoms with van der Waals surface area (Å²) in [5.74, 6) is -0.478. The monoisotopic (exact) mass is 158 g/mol. The van der Waals surface area contributed by atoms with Crippen molar-refractivity contribution in [2.45, 2.75) is 0 Å². The fourth-order valence-electron chi connectivity index (χ4n) is 0.418. The fourth-order valence-corrected chi connectivity index (χ4v) is 0.892. The second-order valence-electron chi connectivity index (χ2n) is 1.58. The first-order valence-electron chi connectivity index (χ1n) is 2.58. The number of thiazole rings is 1. The smallest absolute Gasteiger partial charge is 0.255 e. The molecule has 1 rings (SSSR count). The predicted octanol–water partition coefficient (Wildman–Crippen LogP) is 0.00720. The van der Waals surface area contributed by atoms with E-state index in [1.165, 1.54) is 17.5 Å². The molecule has 0 fully saturated rings. The first-order valence-corrected chi connectivity index (χ1v) is 3.46. The Kier molecular flexibility index (Phi) is 2.22. The highest BCUT2D eigenvalue weighted by Gasteiger charge is 1.96. The van der Waals surface area contributed by atoms with Gasteiger partial charge in [-0.15, -0.1) is 0 Å². The van der Waals surface area contributed by atoms with Crippen LogP contribution in [0.1, 0.15) is 0 Å². The van der Waals surface area contributed by atoms with Gasteiger partial charge in [-0.1, -0.05) is 11.3 Å². The van der Waals surface area contributed by atoms with Crippen LogP contribution in [0.25, 0.3) is 0 Å². The summed E-state index contributed by atoms with van der Waals surface area (Å²) in [7, 11) is 0. The van der Waals surface area contributed by atoms with Gasteiger partial charge in [0.2, 0.25) is 0 Å². The van der Waals surface area contributed by atoms with E-state index in [-0.39, 0.29) is 6.61 Å². The van der Waals surface area contributed by atoms with Crippen LogP contribution >= 0.6 is 11.3 Å². The van der Waals surface area contributed by atoms with Crippen LogP contribution in [-0.2, 0) is 4.79 Å². The summed E-state index contributed by atoms with van der Waals surface area (Å²) >= 11 is 1.32. The first-order chi connectivity index (χ1) is 4.79. The lowest BCUT2D eigenvalue weighted by atomic mass is 10.7. The van der Waals surface area contributed by atoms with Gasteiger partial charge in [0.15, 0.2) is 11.7 Å². The van der Waals surface area contributed by atoms with Crippen molar-refractivity contribution < 1.29 is 9.53 Å². The predicted molar refractivity (Wildman–Crippen MR) is 36.8 cm³/mol. The molecule has 0 atom stereocenters. The number of hydrogen-bond donors (Lipinski definition) is 1. The molecular formula is C5H6N2O2S. The molecule has 0 aliphatic rings. The molecule has 0 aliphatic heterocycles. The lowest BCUT2D eigenvalue weighted by molar-refractivity contribution is -0.119. The third kappa shape index (κ3) is 2.02. The highest BCUT2D eigenvalue weighted by Crippen LogP contribution is 2.14. The topological polar surface area (TPSA) is 65.2 Å². The zero-order valence-corrected chi connectivity index (χ0v) is 5.93. The molecule has 0 spiro atoms. The number of primary amides is 1. The second-order valence-corrected chi connectivity index (χ2v) is 2.42. The Morgan fingerprint density at radius 1 is 1.90 bits per heavy atom. The molecule has 54 valence electrons. The summed E-state index contributed by atoms with van der Waals surface area (Å²) in [6.45, 7) is -0.0812. The summed E-state index contributed by atoms with van der Waals surface area (Å²) in [4.78, 5) is 13.9. The van der Waals surface area contributed by atoms with Gasteiger partial charge in [0.25, 0.3) is 5.91 Å². The van der Waals surface area contributed by atoms with Crippen molar-refractivity contribution in [3.63, 3.8) is 0 Å². The van der Waals surface area contributed by atoms with E-state index >= 15 is 0 Å². The molecule has 0 aromatic carbocycles. The van der Waals surface area contributed by atoms with Crippen LogP contribution in [0, 0.1) is 0 Å². The van der Waals surface area contributed by atoms with Gasteiger partial charge in [0, 0.05) is 0 Å². The molecule has 10 heavy (non-hydrogen) atoms. The van der Waals surface area contributed by atoms with Gasteiger partial charge >= 0.3 is 0 Å². The fraction of sp³-hybridized carbons (Fsp3) is 0.200. The molecule has 1 amide bonds. The van der Waals surface area contributed by atoms with Gasteiger partial charge in [0.05, 0.1) is 11.7 Å². The number of aromatic nitrogens is 1. The van der Waals surface area contributed by atoms with Crippen LogP contribution < -0.4 is 10.5 Å². The van der Waals surface area contributed by atoms with Crippen molar-refractivity contribution in [1.82, 2.24) is 4.98 Å². The summed E-state index contributed by atoms with van der Waals surface area (Å²) in [6.07, 6.45) is 1.54. The summed E-state index contributed by atoms with van der Waals surface area (Å²) in [5, 5.41) is 0.610. The number of ether oxygens (including phenoxy) is 1. The average Bonchev–Trinajstić information content (AvgIpc) is 2.34. The number of nitrogens with two attached hydrogens (primary N) is 1. The van der Waals surface area contributed by atoms with Gasteiger partial charge < -0.3 is 10.5 Å². The van der Waals surface area contributed by atoms with Crippen LogP contribution in [0.15, 0.2) is 11.7 Å². The molecule has 0 radical (unpaired) electrons. The van der Waals surface area contributed by atoms with E-state index in [2.05, 4.69) is 4.98 Å². The van der Waals surface area contributed by atoms with Gasteiger partial charge in [-0.05, 0) is 0 Å². The van der Waals surface area contributed by atoms with Crippen LogP contribution in [0.2, 0.25) is 0 Å². The van der Waals surface area contributed by atoms with Crippen molar-refractivity contribution in [2.24, 2.45) is 5.73 Å². The van der Waals surface area contributed by atoms with E-state index < -0.39 is 5.91 Å². The molecule has 2 N–H and O–H groups in total.